The third kappa shape index (κ3) is 3.47. The molecule has 0 fully saturated rings. The monoisotopic (exact) mass is 243 g/mol. The molecule has 0 aliphatic heterocycles. The molecule has 1 aromatic carbocycles. The number of ether oxygens (including phenoxy) is 2. The van der Waals surface area contributed by atoms with Gasteiger partial charge in [0.25, 0.3) is 6.26 Å². The van der Waals surface area contributed by atoms with Crippen LogP contribution < -0.4 is 0 Å². The molecule has 0 aromatic heterocycles. The fourth-order valence-corrected chi connectivity index (χ4v) is 0.910. The Bertz CT molecular complexity index is 271. The summed E-state index contributed by atoms with van der Waals surface area (Å²) in [6.45, 7) is 0. The molecule has 0 spiro atoms. The van der Waals surface area contributed by atoms with Crippen molar-refractivity contribution in [3.05, 3.63) is 35.9 Å². The van der Waals surface area contributed by atoms with Crippen molar-refractivity contribution < 1.29 is 9.47 Å². The van der Waals surface area contributed by atoms with Crippen molar-refractivity contribution in [3.63, 3.8) is 0 Å². The second kappa shape index (κ2) is 6.50. The molecular weight excluding hydrogens is 233 g/mol. The molecule has 2 radical (unpaired) electrons. The van der Waals surface area contributed by atoms with Crippen LogP contribution in [0, 0.1) is 11.5 Å². The molecule has 0 aliphatic carbocycles. The summed E-state index contributed by atoms with van der Waals surface area (Å²) >= 11 is 0. The molecule has 1 rings (SSSR count). The van der Waals surface area contributed by atoms with Crippen molar-refractivity contribution >= 4 is 17.1 Å². The zero-order chi connectivity index (χ0) is 8.81. The van der Waals surface area contributed by atoms with E-state index < -0.39 is 6.29 Å². The van der Waals surface area contributed by atoms with E-state index in [1.807, 2.05) is 30.3 Å². The van der Waals surface area contributed by atoms with Crippen molar-refractivity contribution in [2.75, 3.05) is 7.11 Å². The normalized spacial score (nSPS) is 10.8. The minimum atomic E-state index is -0.587. The van der Waals surface area contributed by atoms with Crippen molar-refractivity contribution in [3.8, 4) is 6.26 Å². The fraction of sp³-hybridized carbons (Fsp3) is 0.222. The van der Waals surface area contributed by atoms with Crippen LogP contribution in [0.1, 0.15) is 11.9 Å². The Kier molecular flexibility index (Phi) is 5.99. The van der Waals surface area contributed by atoms with Gasteiger partial charge >= 0.3 is 0 Å². The van der Waals surface area contributed by atoms with Gasteiger partial charge in [0.05, 0.1) is 0 Å². The van der Waals surface area contributed by atoms with Crippen LogP contribution in [0.15, 0.2) is 30.3 Å². The SMILES string of the molecule is COC(OC#N)c1ccccc1.[Se]. The minimum absolute atomic E-state index is 0. The molecule has 0 aliphatic rings. The van der Waals surface area contributed by atoms with E-state index in [4.69, 9.17) is 10.00 Å². The molecular formula is C9H9NO2Se. The Morgan fingerprint density at radius 2 is 1.92 bits per heavy atom. The van der Waals surface area contributed by atoms with E-state index >= 15 is 0 Å². The zero-order valence-electron chi connectivity index (χ0n) is 7.14. The van der Waals surface area contributed by atoms with Gasteiger partial charge in [0.2, 0.25) is 6.29 Å². The first-order valence-electron chi connectivity index (χ1n) is 3.51. The standard InChI is InChI=1S/C9H9NO2.Se/c1-11-9(12-7-10)8-5-3-2-4-6-8;/h2-6,9H,1H3;. The first-order chi connectivity index (χ1) is 5.88. The van der Waals surface area contributed by atoms with Gasteiger partial charge in [-0.05, 0) is 0 Å². The van der Waals surface area contributed by atoms with E-state index in [0.29, 0.717) is 0 Å². The maximum absolute atomic E-state index is 8.28. The summed E-state index contributed by atoms with van der Waals surface area (Å²) in [4.78, 5) is 0. The molecule has 1 aromatic rings. The Hall–Kier alpha value is -1.01. The summed E-state index contributed by atoms with van der Waals surface area (Å²) in [6, 6.07) is 9.30. The molecule has 0 heterocycles. The molecule has 68 valence electrons. The van der Waals surface area contributed by atoms with E-state index in [2.05, 4.69) is 4.74 Å². The number of rotatable bonds is 3. The number of nitrogens with zero attached hydrogens (tertiary/aromatic N) is 1. The number of methoxy groups -OCH3 is 1. The number of hydrogen-bond donors (Lipinski definition) is 0. The first-order valence-corrected chi connectivity index (χ1v) is 3.51. The van der Waals surface area contributed by atoms with Crippen LogP contribution in [0.3, 0.4) is 0 Å². The molecule has 0 N–H and O–H groups in total. The molecule has 13 heavy (non-hydrogen) atoms. The molecule has 0 amide bonds. The maximum atomic E-state index is 8.28. The predicted molar refractivity (Wildman–Crippen MR) is 48.6 cm³/mol. The van der Waals surface area contributed by atoms with Gasteiger partial charge < -0.3 is 9.47 Å². The Morgan fingerprint density at radius 3 is 2.38 bits per heavy atom. The average Bonchev–Trinajstić information content (AvgIpc) is 2.15. The summed E-state index contributed by atoms with van der Waals surface area (Å²) in [6.07, 6.45) is 1.01. The molecule has 4 heteroatoms. The largest absolute Gasteiger partial charge is 0.391 e. The van der Waals surface area contributed by atoms with Gasteiger partial charge in [-0.1, -0.05) is 30.3 Å². The summed E-state index contributed by atoms with van der Waals surface area (Å²) in [5.41, 5.74) is 0.835. The van der Waals surface area contributed by atoms with Crippen molar-refractivity contribution in [1.82, 2.24) is 0 Å². The van der Waals surface area contributed by atoms with Gasteiger partial charge in [-0.2, -0.15) is 5.26 Å². The van der Waals surface area contributed by atoms with Crippen LogP contribution in [-0.4, -0.2) is 24.2 Å². The average molecular weight is 242 g/mol. The topological polar surface area (TPSA) is 42.2 Å². The van der Waals surface area contributed by atoms with Gasteiger partial charge in [0.15, 0.2) is 0 Å². The van der Waals surface area contributed by atoms with E-state index in [-0.39, 0.29) is 17.1 Å². The second-order valence-corrected chi connectivity index (χ2v) is 2.19. The van der Waals surface area contributed by atoms with Gasteiger partial charge in [-0.25, -0.2) is 0 Å². The fourth-order valence-electron chi connectivity index (χ4n) is 0.910. The molecule has 0 bridgehead atoms. The summed E-state index contributed by atoms with van der Waals surface area (Å²) in [7, 11) is 1.50. The van der Waals surface area contributed by atoms with Crippen LogP contribution in [0.4, 0.5) is 0 Å². The third-order valence-electron chi connectivity index (χ3n) is 1.45. The van der Waals surface area contributed by atoms with Crippen LogP contribution in [-0.2, 0) is 9.47 Å². The number of benzene rings is 1. The quantitative estimate of drug-likeness (QED) is 0.457. The van der Waals surface area contributed by atoms with Gasteiger partial charge in [-0.3, -0.25) is 0 Å². The van der Waals surface area contributed by atoms with Crippen molar-refractivity contribution in [1.29, 1.82) is 5.26 Å². The number of nitriles is 1. The smallest absolute Gasteiger partial charge is 0.289 e. The van der Waals surface area contributed by atoms with E-state index in [9.17, 15) is 0 Å². The molecule has 0 saturated carbocycles. The molecule has 3 nitrogen and oxygen atoms in total. The molecule has 0 saturated heterocycles. The molecule has 1 unspecified atom stereocenters. The van der Waals surface area contributed by atoms with E-state index in [1.165, 1.54) is 7.11 Å². The zero-order valence-corrected chi connectivity index (χ0v) is 8.85. The molecule has 1 atom stereocenters. The van der Waals surface area contributed by atoms with Gasteiger partial charge in [0, 0.05) is 29.7 Å². The van der Waals surface area contributed by atoms with Crippen LogP contribution >= 0.6 is 0 Å². The van der Waals surface area contributed by atoms with Gasteiger partial charge in [0.1, 0.15) is 0 Å². The van der Waals surface area contributed by atoms with Gasteiger partial charge in [-0.15, -0.1) is 0 Å². The summed E-state index contributed by atoms with van der Waals surface area (Å²) in [5, 5.41) is 8.28. The Morgan fingerprint density at radius 1 is 1.31 bits per heavy atom. The van der Waals surface area contributed by atoms with E-state index in [1.54, 1.807) is 6.26 Å². The second-order valence-electron chi connectivity index (χ2n) is 2.19. The summed E-state index contributed by atoms with van der Waals surface area (Å²) < 4.78 is 9.59. The summed E-state index contributed by atoms with van der Waals surface area (Å²) in [5.74, 6) is 0. The van der Waals surface area contributed by atoms with Crippen LogP contribution in [0.2, 0.25) is 0 Å². The Balaban J connectivity index is 0.00000144. The third-order valence-corrected chi connectivity index (χ3v) is 1.45. The van der Waals surface area contributed by atoms with Crippen molar-refractivity contribution in [2.24, 2.45) is 0 Å². The first kappa shape index (κ1) is 12.0. The van der Waals surface area contributed by atoms with Crippen molar-refractivity contribution in [2.45, 2.75) is 6.29 Å². The predicted octanol–water partition coefficient (Wildman–Crippen LogP) is 1.45. The minimum Gasteiger partial charge on any atom is -0.391 e. The number of hydrogen-bond acceptors (Lipinski definition) is 3. The van der Waals surface area contributed by atoms with Crippen LogP contribution in [0.5, 0.6) is 0 Å². The maximum Gasteiger partial charge on any atom is 0.289 e. The Labute approximate surface area is 87.7 Å². The van der Waals surface area contributed by atoms with Crippen LogP contribution in [0.25, 0.3) is 0 Å². The van der Waals surface area contributed by atoms with E-state index in [0.717, 1.165) is 5.56 Å².